The summed E-state index contributed by atoms with van der Waals surface area (Å²) in [6.45, 7) is 1.19. The Hall–Kier alpha value is -4.82. The minimum atomic E-state index is -0.539. The fourth-order valence-corrected chi connectivity index (χ4v) is 4.49. The van der Waals surface area contributed by atoms with Gasteiger partial charge in [-0.05, 0) is 71.8 Å². The lowest BCUT2D eigenvalue weighted by Crippen LogP contribution is -2.42. The van der Waals surface area contributed by atoms with Crippen molar-refractivity contribution in [2.45, 2.75) is 18.9 Å². The van der Waals surface area contributed by atoms with Gasteiger partial charge in [-0.1, -0.05) is 6.07 Å². The Labute approximate surface area is 207 Å². The number of anilines is 1. The van der Waals surface area contributed by atoms with Crippen LogP contribution in [0, 0.1) is 28.5 Å². The first-order valence-electron chi connectivity index (χ1n) is 11.6. The molecule has 2 aromatic carbocycles. The summed E-state index contributed by atoms with van der Waals surface area (Å²) in [5.74, 6) is -0.630. The van der Waals surface area contributed by atoms with Gasteiger partial charge in [0, 0.05) is 48.8 Å². The second kappa shape index (κ2) is 9.81. The van der Waals surface area contributed by atoms with Gasteiger partial charge in [0.15, 0.2) is 0 Å². The number of hydrogen-bond donors (Lipinski definition) is 1. The number of carbonyl (C=O) groups excluding carboxylic acids is 1. The molecule has 1 aliphatic rings. The first kappa shape index (κ1) is 22.9. The minimum absolute atomic E-state index is 0.00587. The molecule has 1 amide bonds. The molecule has 1 saturated heterocycles. The number of amides is 1. The number of hydrogen-bond acceptors (Lipinski definition) is 6. The lowest BCUT2D eigenvalue weighted by atomic mass is 9.98. The third kappa shape index (κ3) is 4.57. The molecule has 0 unspecified atom stereocenters. The van der Waals surface area contributed by atoms with Crippen LogP contribution in [0.5, 0.6) is 0 Å². The number of nitriles is 2. The Balaban J connectivity index is 1.35. The summed E-state index contributed by atoms with van der Waals surface area (Å²) in [4.78, 5) is 22.9. The normalized spacial score (nSPS) is 13.7. The lowest BCUT2D eigenvalue weighted by molar-refractivity contribution is 0.0718. The Morgan fingerprint density at radius 3 is 2.56 bits per heavy atom. The molecule has 2 aromatic heterocycles. The molecular formula is C28H21FN6O. The third-order valence-electron chi connectivity index (χ3n) is 6.44. The van der Waals surface area contributed by atoms with Crippen LogP contribution in [0.3, 0.4) is 0 Å². The van der Waals surface area contributed by atoms with E-state index in [9.17, 15) is 14.4 Å². The van der Waals surface area contributed by atoms with Crippen LogP contribution in [0.2, 0.25) is 0 Å². The van der Waals surface area contributed by atoms with Crippen LogP contribution in [0.15, 0.2) is 67.1 Å². The van der Waals surface area contributed by atoms with E-state index in [1.165, 1.54) is 12.3 Å². The highest BCUT2D eigenvalue weighted by Gasteiger charge is 2.24. The van der Waals surface area contributed by atoms with E-state index in [-0.39, 0.29) is 23.2 Å². The largest absolute Gasteiger partial charge is 0.382 e. The Morgan fingerprint density at radius 1 is 1.00 bits per heavy atom. The average Bonchev–Trinajstić information content (AvgIpc) is 2.93. The highest BCUT2D eigenvalue weighted by molar-refractivity contribution is 5.97. The molecule has 36 heavy (non-hydrogen) atoms. The number of aromatic nitrogens is 2. The van der Waals surface area contributed by atoms with Crippen molar-refractivity contribution >= 4 is 22.4 Å². The van der Waals surface area contributed by atoms with Gasteiger partial charge in [0.05, 0.1) is 11.1 Å². The van der Waals surface area contributed by atoms with Gasteiger partial charge in [0.1, 0.15) is 23.6 Å². The molecule has 176 valence electrons. The first-order valence-corrected chi connectivity index (χ1v) is 11.6. The molecule has 8 heteroatoms. The fourth-order valence-electron chi connectivity index (χ4n) is 4.49. The predicted octanol–water partition coefficient (Wildman–Crippen LogP) is 4.90. The van der Waals surface area contributed by atoms with Crippen LogP contribution in [-0.4, -0.2) is 39.9 Å². The van der Waals surface area contributed by atoms with Gasteiger partial charge >= 0.3 is 0 Å². The minimum Gasteiger partial charge on any atom is -0.382 e. The van der Waals surface area contributed by atoms with Crippen LogP contribution >= 0.6 is 0 Å². The number of pyridine rings is 2. The van der Waals surface area contributed by atoms with Crippen LogP contribution in [0.4, 0.5) is 10.1 Å². The van der Waals surface area contributed by atoms with Gasteiger partial charge in [-0.25, -0.2) is 9.37 Å². The van der Waals surface area contributed by atoms with E-state index < -0.39 is 5.82 Å². The highest BCUT2D eigenvalue weighted by Crippen LogP contribution is 2.32. The van der Waals surface area contributed by atoms with Crippen LogP contribution in [-0.2, 0) is 0 Å². The molecule has 1 N–H and O–H groups in total. The summed E-state index contributed by atoms with van der Waals surface area (Å²) in [6.07, 6.45) is 6.50. The van der Waals surface area contributed by atoms with E-state index in [0.717, 1.165) is 40.4 Å². The van der Waals surface area contributed by atoms with Gasteiger partial charge in [-0.2, -0.15) is 10.5 Å². The number of piperidine rings is 1. The Morgan fingerprint density at radius 2 is 1.83 bits per heavy atom. The summed E-state index contributed by atoms with van der Waals surface area (Å²) in [5, 5.41) is 23.7. The van der Waals surface area contributed by atoms with Crippen molar-refractivity contribution < 1.29 is 9.18 Å². The standard InChI is InChI=1S/C28H21FN6O/c29-26-4-2-18(11-22(26)14-30)21-12-19-5-8-32-17-25(19)27(13-21)34-23-6-9-35(10-7-23)28(36)20-1-3-24(15-31)33-16-20/h1-5,8,11-13,16-17,23,34H,6-7,9-10H2. The van der Waals surface area contributed by atoms with E-state index in [1.807, 2.05) is 36.5 Å². The number of nitrogens with one attached hydrogen (secondary N) is 1. The quantitative estimate of drug-likeness (QED) is 0.449. The maximum absolute atomic E-state index is 13.9. The van der Waals surface area contributed by atoms with E-state index in [2.05, 4.69) is 15.3 Å². The molecule has 1 fully saturated rings. The molecule has 4 aromatic rings. The van der Waals surface area contributed by atoms with Gasteiger partial charge < -0.3 is 10.2 Å². The number of nitrogens with zero attached hydrogens (tertiary/aromatic N) is 5. The van der Waals surface area contributed by atoms with Crippen LogP contribution in [0.25, 0.3) is 21.9 Å². The summed E-state index contributed by atoms with van der Waals surface area (Å²) >= 11 is 0. The van der Waals surface area contributed by atoms with E-state index in [1.54, 1.807) is 35.4 Å². The highest BCUT2D eigenvalue weighted by atomic mass is 19.1. The summed E-state index contributed by atoms with van der Waals surface area (Å²) in [7, 11) is 0. The molecule has 5 rings (SSSR count). The summed E-state index contributed by atoms with van der Waals surface area (Å²) < 4.78 is 13.9. The zero-order chi connectivity index (χ0) is 25.1. The topological polar surface area (TPSA) is 106 Å². The molecular weight excluding hydrogens is 455 g/mol. The zero-order valence-electron chi connectivity index (χ0n) is 19.3. The van der Waals surface area contributed by atoms with Crippen molar-refractivity contribution in [3.63, 3.8) is 0 Å². The average molecular weight is 477 g/mol. The smallest absolute Gasteiger partial charge is 0.255 e. The van der Waals surface area contributed by atoms with Gasteiger partial charge in [-0.3, -0.25) is 9.78 Å². The van der Waals surface area contributed by atoms with Crippen LogP contribution in [0.1, 0.15) is 34.5 Å². The Kier molecular flexibility index (Phi) is 6.25. The molecule has 0 bridgehead atoms. The van der Waals surface area contributed by atoms with E-state index in [0.29, 0.717) is 18.7 Å². The second-order valence-corrected chi connectivity index (χ2v) is 8.68. The van der Waals surface area contributed by atoms with Gasteiger partial charge in [-0.15, -0.1) is 0 Å². The zero-order valence-corrected chi connectivity index (χ0v) is 19.3. The molecule has 0 spiro atoms. The molecule has 0 radical (unpaired) electrons. The number of carbonyl (C=O) groups is 1. The first-order chi connectivity index (χ1) is 17.6. The van der Waals surface area contributed by atoms with Gasteiger partial charge in [0.25, 0.3) is 5.91 Å². The van der Waals surface area contributed by atoms with Gasteiger partial charge in [0.2, 0.25) is 0 Å². The maximum atomic E-state index is 13.9. The molecule has 3 heterocycles. The maximum Gasteiger partial charge on any atom is 0.255 e. The summed E-state index contributed by atoms with van der Waals surface area (Å²) in [6, 6.07) is 17.7. The third-order valence-corrected chi connectivity index (χ3v) is 6.44. The van der Waals surface area contributed by atoms with E-state index in [4.69, 9.17) is 5.26 Å². The predicted molar refractivity (Wildman–Crippen MR) is 133 cm³/mol. The summed E-state index contributed by atoms with van der Waals surface area (Å²) in [5.41, 5.74) is 3.29. The van der Waals surface area contributed by atoms with E-state index >= 15 is 0 Å². The monoisotopic (exact) mass is 476 g/mol. The molecule has 0 atom stereocenters. The van der Waals surface area contributed by atoms with Crippen LogP contribution < -0.4 is 5.32 Å². The molecule has 0 saturated carbocycles. The van der Waals surface area contributed by atoms with Crippen molar-refractivity contribution in [3.05, 3.63) is 89.8 Å². The van der Waals surface area contributed by atoms with Crippen molar-refractivity contribution in [2.24, 2.45) is 0 Å². The Bertz CT molecular complexity index is 1530. The number of rotatable bonds is 4. The van der Waals surface area contributed by atoms with Crippen molar-refractivity contribution in [2.75, 3.05) is 18.4 Å². The molecule has 0 aliphatic carbocycles. The number of benzene rings is 2. The lowest BCUT2D eigenvalue weighted by Gasteiger charge is -2.33. The fraction of sp³-hybridized carbons (Fsp3) is 0.179. The number of fused-ring (bicyclic) bond motifs is 1. The number of likely N-dealkylation sites (tertiary alicyclic amines) is 1. The van der Waals surface area contributed by atoms with Crippen molar-refractivity contribution in [1.82, 2.24) is 14.9 Å². The number of halogens is 1. The van der Waals surface area contributed by atoms with Crippen molar-refractivity contribution in [1.29, 1.82) is 10.5 Å². The second-order valence-electron chi connectivity index (χ2n) is 8.68. The molecule has 1 aliphatic heterocycles. The van der Waals surface area contributed by atoms with Crippen molar-refractivity contribution in [3.8, 4) is 23.3 Å². The SMILES string of the molecule is N#Cc1ccc(C(=O)N2CCC(Nc3cc(-c4ccc(F)c(C#N)c4)cc4ccncc34)CC2)cn1. The molecule has 7 nitrogen and oxygen atoms in total.